The van der Waals surface area contributed by atoms with Crippen LogP contribution in [0, 0.1) is 12.8 Å². The Balaban J connectivity index is 1.24. The van der Waals surface area contributed by atoms with E-state index in [4.69, 9.17) is 9.47 Å². The van der Waals surface area contributed by atoms with Gasteiger partial charge in [0.15, 0.2) is 11.5 Å². The lowest BCUT2D eigenvalue weighted by Crippen LogP contribution is -2.75. The lowest BCUT2D eigenvalue weighted by Gasteiger charge is -2.62. The fourth-order valence-electron chi connectivity index (χ4n) is 7.95. The molecule has 1 amide bonds. The summed E-state index contributed by atoms with van der Waals surface area (Å²) in [4.78, 5) is 17.8. The van der Waals surface area contributed by atoms with Crippen molar-refractivity contribution in [3.8, 4) is 11.5 Å². The molecule has 2 bridgehead atoms. The van der Waals surface area contributed by atoms with Crippen LogP contribution in [0.3, 0.4) is 0 Å². The second-order valence-electron chi connectivity index (χ2n) is 12.2. The number of hydrogen-bond acceptors (Lipinski definition) is 5. The van der Waals surface area contributed by atoms with E-state index in [-0.39, 0.29) is 24.1 Å². The average molecular weight is 515 g/mol. The van der Waals surface area contributed by atoms with E-state index in [0.717, 1.165) is 30.2 Å². The molecule has 2 aromatic carbocycles. The van der Waals surface area contributed by atoms with E-state index in [1.165, 1.54) is 29.5 Å². The first-order valence-electron chi connectivity index (χ1n) is 14.2. The SMILES string of the molecule is COc1ccc2c3c1O[C@H]1[C@H](N(C)C(=O)CCc4cccc(C)c4)CC[C@@]4(O)[C@@H](C2)N(CC2CC2)C=C[C@]314. The molecule has 38 heavy (non-hydrogen) atoms. The molecular weight excluding hydrogens is 476 g/mol. The molecule has 200 valence electrons. The number of amides is 1. The van der Waals surface area contributed by atoms with Gasteiger partial charge in [0.2, 0.25) is 5.91 Å². The van der Waals surface area contributed by atoms with Gasteiger partial charge in [-0.25, -0.2) is 0 Å². The molecule has 0 saturated heterocycles. The van der Waals surface area contributed by atoms with E-state index >= 15 is 0 Å². The number of rotatable bonds is 7. The van der Waals surface area contributed by atoms with Crippen molar-refractivity contribution in [3.63, 3.8) is 0 Å². The number of carbonyl (C=O) groups is 1. The second-order valence-corrected chi connectivity index (χ2v) is 12.2. The molecule has 2 aromatic rings. The van der Waals surface area contributed by atoms with Crippen molar-refractivity contribution in [1.29, 1.82) is 0 Å². The number of likely N-dealkylation sites (N-methyl/N-ethyl adjacent to an activating group) is 1. The van der Waals surface area contributed by atoms with E-state index in [1.807, 2.05) is 18.0 Å². The van der Waals surface area contributed by atoms with Gasteiger partial charge in [0.05, 0.1) is 24.6 Å². The van der Waals surface area contributed by atoms with Crippen LogP contribution >= 0.6 is 0 Å². The molecule has 0 unspecified atom stereocenters. The summed E-state index contributed by atoms with van der Waals surface area (Å²) in [7, 11) is 3.59. The standard InChI is InChI=1S/C32H38N2O4/c1-20-5-4-6-21(17-20)9-12-27(35)33(2)24-13-14-32(36)26-18-23-10-11-25(37-3)29-28(23)31(32,30(24)38-29)15-16-34(26)19-22-7-8-22/h4-6,10-11,15-17,22,24,26,30,36H,7-9,12-14,18-19H2,1-3H3/t24-,26-,30+,31+,32-/m1/s1. The van der Waals surface area contributed by atoms with Gasteiger partial charge in [0.25, 0.3) is 0 Å². The molecule has 0 aromatic heterocycles. The van der Waals surface area contributed by atoms with E-state index in [0.29, 0.717) is 31.4 Å². The Morgan fingerprint density at radius 1 is 1.24 bits per heavy atom. The number of aryl methyl sites for hydroxylation is 2. The normalized spacial score (nSPS) is 32.0. The van der Waals surface area contributed by atoms with E-state index in [2.05, 4.69) is 54.4 Å². The summed E-state index contributed by atoms with van der Waals surface area (Å²) in [6.45, 7) is 3.09. The Morgan fingerprint density at radius 2 is 2.08 bits per heavy atom. The lowest BCUT2D eigenvalue weighted by atomic mass is 9.50. The predicted molar refractivity (Wildman–Crippen MR) is 145 cm³/mol. The summed E-state index contributed by atoms with van der Waals surface area (Å²) in [6, 6.07) is 12.4. The van der Waals surface area contributed by atoms with Gasteiger partial charge >= 0.3 is 0 Å². The average Bonchev–Trinajstić information content (AvgIpc) is 3.66. The minimum Gasteiger partial charge on any atom is -0.493 e. The second kappa shape index (κ2) is 8.51. The summed E-state index contributed by atoms with van der Waals surface area (Å²) in [6.07, 6.45) is 9.97. The van der Waals surface area contributed by atoms with Crippen molar-refractivity contribution in [3.05, 3.63) is 70.9 Å². The monoisotopic (exact) mass is 514 g/mol. The van der Waals surface area contributed by atoms with Gasteiger partial charge in [0, 0.05) is 25.6 Å². The number of hydrogen-bond donors (Lipinski definition) is 1. The van der Waals surface area contributed by atoms with Crippen molar-refractivity contribution < 1.29 is 19.4 Å². The Hall–Kier alpha value is -2.99. The molecule has 2 heterocycles. The van der Waals surface area contributed by atoms with Crippen molar-refractivity contribution in [2.24, 2.45) is 5.92 Å². The molecule has 0 radical (unpaired) electrons. The zero-order valence-electron chi connectivity index (χ0n) is 22.7. The minimum absolute atomic E-state index is 0.00863. The first kappa shape index (κ1) is 24.1. The predicted octanol–water partition coefficient (Wildman–Crippen LogP) is 4.15. The number of methoxy groups -OCH3 is 1. The van der Waals surface area contributed by atoms with Gasteiger partial charge in [-0.2, -0.15) is 0 Å². The Kier molecular flexibility index (Phi) is 5.39. The van der Waals surface area contributed by atoms with E-state index < -0.39 is 11.0 Å². The topological polar surface area (TPSA) is 62.2 Å². The summed E-state index contributed by atoms with van der Waals surface area (Å²) in [5.41, 5.74) is 3.06. The van der Waals surface area contributed by atoms with Gasteiger partial charge < -0.3 is 24.4 Å². The highest BCUT2D eigenvalue weighted by Crippen LogP contribution is 2.65. The van der Waals surface area contributed by atoms with Crippen molar-refractivity contribution in [1.82, 2.24) is 9.80 Å². The van der Waals surface area contributed by atoms with E-state index in [9.17, 15) is 9.90 Å². The van der Waals surface area contributed by atoms with Gasteiger partial charge in [-0.05, 0) is 74.8 Å². The lowest BCUT2D eigenvalue weighted by molar-refractivity contribution is -0.166. The Bertz CT molecular complexity index is 1320. The molecule has 5 aliphatic rings. The summed E-state index contributed by atoms with van der Waals surface area (Å²) >= 11 is 0. The van der Waals surface area contributed by atoms with Gasteiger partial charge in [-0.3, -0.25) is 4.79 Å². The minimum atomic E-state index is -0.951. The van der Waals surface area contributed by atoms with Crippen molar-refractivity contribution in [2.75, 3.05) is 20.7 Å². The van der Waals surface area contributed by atoms with Crippen LogP contribution in [-0.4, -0.2) is 65.3 Å². The Labute approximate surface area is 225 Å². The molecule has 1 spiro atoms. The highest BCUT2D eigenvalue weighted by Gasteiger charge is 2.72. The van der Waals surface area contributed by atoms with Gasteiger partial charge in [-0.1, -0.05) is 42.0 Å². The van der Waals surface area contributed by atoms with E-state index in [1.54, 1.807) is 7.11 Å². The van der Waals surface area contributed by atoms with Crippen molar-refractivity contribution in [2.45, 2.75) is 81.1 Å². The summed E-state index contributed by atoms with van der Waals surface area (Å²) in [5, 5.41) is 12.7. The third kappa shape index (κ3) is 3.32. The number of benzene rings is 2. The third-order valence-corrected chi connectivity index (χ3v) is 10.1. The van der Waals surface area contributed by atoms with Crippen LogP contribution < -0.4 is 9.47 Å². The smallest absolute Gasteiger partial charge is 0.223 e. The molecule has 6 nitrogen and oxygen atoms in total. The Morgan fingerprint density at radius 3 is 2.84 bits per heavy atom. The maximum Gasteiger partial charge on any atom is 0.223 e. The highest BCUT2D eigenvalue weighted by atomic mass is 16.5. The quantitative estimate of drug-likeness (QED) is 0.602. The maximum atomic E-state index is 13.5. The first-order valence-corrected chi connectivity index (χ1v) is 14.2. The largest absolute Gasteiger partial charge is 0.493 e. The summed E-state index contributed by atoms with van der Waals surface area (Å²) < 4.78 is 12.6. The molecule has 6 heteroatoms. The maximum absolute atomic E-state index is 13.5. The number of ether oxygens (including phenoxy) is 2. The fraction of sp³-hybridized carbons (Fsp3) is 0.531. The first-order chi connectivity index (χ1) is 18.4. The van der Waals surface area contributed by atoms with Crippen LogP contribution in [0.4, 0.5) is 0 Å². The molecule has 2 aliphatic heterocycles. The van der Waals surface area contributed by atoms with Gasteiger partial charge in [-0.15, -0.1) is 0 Å². The van der Waals surface area contributed by atoms with Crippen LogP contribution in [0.25, 0.3) is 0 Å². The molecular formula is C32H38N2O4. The molecule has 5 atom stereocenters. The number of carbonyl (C=O) groups excluding carboxylic acids is 1. The molecule has 2 saturated carbocycles. The zero-order chi connectivity index (χ0) is 26.2. The molecule has 1 N–H and O–H groups in total. The number of nitrogens with zero attached hydrogens (tertiary/aromatic N) is 2. The van der Waals surface area contributed by atoms with Crippen LogP contribution in [0.1, 0.15) is 54.4 Å². The van der Waals surface area contributed by atoms with Crippen molar-refractivity contribution >= 4 is 5.91 Å². The summed E-state index contributed by atoms with van der Waals surface area (Å²) in [5.74, 6) is 2.30. The van der Waals surface area contributed by atoms with Crippen LogP contribution in [0.5, 0.6) is 11.5 Å². The van der Waals surface area contributed by atoms with Crippen LogP contribution in [-0.2, 0) is 23.1 Å². The van der Waals surface area contributed by atoms with Gasteiger partial charge in [0.1, 0.15) is 11.7 Å². The zero-order valence-corrected chi connectivity index (χ0v) is 22.7. The molecule has 7 rings (SSSR count). The molecule has 2 fully saturated rings. The third-order valence-electron chi connectivity index (χ3n) is 10.1. The van der Waals surface area contributed by atoms with Crippen LogP contribution in [0.15, 0.2) is 48.7 Å². The van der Waals surface area contributed by atoms with Crippen LogP contribution in [0.2, 0.25) is 0 Å². The molecule has 3 aliphatic carbocycles. The fourth-order valence-corrected chi connectivity index (χ4v) is 7.95. The highest BCUT2D eigenvalue weighted by molar-refractivity contribution is 5.77. The number of aliphatic hydroxyl groups is 1.